The molecule has 0 aliphatic rings. The summed E-state index contributed by atoms with van der Waals surface area (Å²) >= 11 is 4.54. The van der Waals surface area contributed by atoms with Gasteiger partial charge in [-0.2, -0.15) is 0 Å². The molecular weight excluding hydrogens is 202 g/mol. The highest BCUT2D eigenvalue weighted by Crippen LogP contribution is 2.30. The van der Waals surface area contributed by atoms with Gasteiger partial charge in [-0.1, -0.05) is 18.2 Å². The summed E-state index contributed by atoms with van der Waals surface area (Å²) in [5, 5.41) is 0. The second-order valence-electron chi connectivity index (χ2n) is 3.66. The van der Waals surface area contributed by atoms with Gasteiger partial charge in [0.2, 0.25) is 0 Å². The fourth-order valence-electron chi connectivity index (χ4n) is 1.62. The Balaban J connectivity index is 2.65. The number of benzene rings is 1. The molecule has 0 N–H and O–H groups in total. The van der Waals surface area contributed by atoms with E-state index in [1.54, 1.807) is 0 Å². The van der Waals surface area contributed by atoms with Crippen molar-refractivity contribution in [3.63, 3.8) is 0 Å². The second kappa shape index (κ2) is 4.07. The Hall–Kier alpha value is -1.28. The number of hydrogen-bond donors (Lipinski definition) is 1. The van der Waals surface area contributed by atoms with E-state index >= 15 is 0 Å². The number of nitrogens with zero attached hydrogens (tertiary/aromatic N) is 1. The van der Waals surface area contributed by atoms with Crippen molar-refractivity contribution in [2.75, 3.05) is 0 Å². The van der Waals surface area contributed by atoms with Crippen LogP contribution in [0.15, 0.2) is 41.6 Å². The molecule has 0 atom stereocenters. The fraction of sp³-hybridized carbons (Fsp3) is 0.154. The van der Waals surface area contributed by atoms with Crippen LogP contribution in [0, 0.1) is 13.8 Å². The average molecular weight is 215 g/mol. The Morgan fingerprint density at radius 3 is 2.53 bits per heavy atom. The molecule has 0 aliphatic carbocycles. The molecule has 0 saturated carbocycles. The van der Waals surface area contributed by atoms with Crippen LogP contribution in [0.1, 0.15) is 11.1 Å². The van der Waals surface area contributed by atoms with Crippen molar-refractivity contribution in [2.45, 2.75) is 18.7 Å². The zero-order valence-corrected chi connectivity index (χ0v) is 9.75. The average Bonchev–Trinajstić information content (AvgIpc) is 2.23. The first-order valence-electron chi connectivity index (χ1n) is 4.89. The van der Waals surface area contributed by atoms with Gasteiger partial charge >= 0.3 is 0 Å². The third-order valence-corrected chi connectivity index (χ3v) is 3.16. The molecular formula is C13H13NS. The summed E-state index contributed by atoms with van der Waals surface area (Å²) in [7, 11) is 0. The number of thiol groups is 1. The zero-order valence-electron chi connectivity index (χ0n) is 8.86. The van der Waals surface area contributed by atoms with Crippen LogP contribution < -0.4 is 0 Å². The quantitative estimate of drug-likeness (QED) is 0.716. The van der Waals surface area contributed by atoms with E-state index < -0.39 is 0 Å². The number of rotatable bonds is 1. The smallest absolute Gasteiger partial charge is 0.0349 e. The van der Waals surface area contributed by atoms with Gasteiger partial charge in [0.05, 0.1) is 0 Å². The summed E-state index contributed by atoms with van der Waals surface area (Å²) in [4.78, 5) is 5.19. The van der Waals surface area contributed by atoms with Crippen LogP contribution in [0.25, 0.3) is 11.1 Å². The second-order valence-corrected chi connectivity index (χ2v) is 4.11. The van der Waals surface area contributed by atoms with Gasteiger partial charge in [-0.15, -0.1) is 12.6 Å². The summed E-state index contributed by atoms with van der Waals surface area (Å²) in [6.45, 7) is 4.16. The summed E-state index contributed by atoms with van der Waals surface area (Å²) in [6.07, 6.45) is 3.71. The van der Waals surface area contributed by atoms with Gasteiger partial charge in [-0.25, -0.2) is 0 Å². The van der Waals surface area contributed by atoms with E-state index in [4.69, 9.17) is 0 Å². The van der Waals surface area contributed by atoms with E-state index in [9.17, 15) is 0 Å². The molecule has 0 fully saturated rings. The van der Waals surface area contributed by atoms with Gasteiger partial charge in [0.15, 0.2) is 0 Å². The van der Waals surface area contributed by atoms with E-state index in [0.717, 1.165) is 16.0 Å². The maximum absolute atomic E-state index is 4.54. The van der Waals surface area contributed by atoms with Gasteiger partial charge in [-0.05, 0) is 36.6 Å². The van der Waals surface area contributed by atoms with Crippen LogP contribution in [0.5, 0.6) is 0 Å². The van der Waals surface area contributed by atoms with Crippen molar-refractivity contribution in [1.29, 1.82) is 0 Å². The Morgan fingerprint density at radius 2 is 1.80 bits per heavy atom. The van der Waals surface area contributed by atoms with Crippen molar-refractivity contribution in [2.24, 2.45) is 0 Å². The van der Waals surface area contributed by atoms with Gasteiger partial charge in [0, 0.05) is 22.9 Å². The van der Waals surface area contributed by atoms with Crippen LogP contribution in [-0.2, 0) is 0 Å². The molecule has 0 aliphatic heterocycles. The van der Waals surface area contributed by atoms with Crippen LogP contribution in [-0.4, -0.2) is 4.98 Å². The predicted molar refractivity (Wildman–Crippen MR) is 66.4 cm³/mol. The summed E-state index contributed by atoms with van der Waals surface area (Å²) in [6, 6.07) is 8.22. The Bertz CT molecular complexity index is 492. The van der Waals surface area contributed by atoms with E-state index in [0.29, 0.717) is 0 Å². The minimum atomic E-state index is 1.04. The molecule has 76 valence electrons. The van der Waals surface area contributed by atoms with Crippen molar-refractivity contribution in [3.8, 4) is 11.1 Å². The van der Waals surface area contributed by atoms with Gasteiger partial charge < -0.3 is 0 Å². The minimum Gasteiger partial charge on any atom is -0.264 e. The van der Waals surface area contributed by atoms with Gasteiger partial charge in [0.1, 0.15) is 0 Å². The minimum absolute atomic E-state index is 1.04. The number of hydrogen-bond acceptors (Lipinski definition) is 2. The van der Waals surface area contributed by atoms with E-state index in [1.165, 1.54) is 11.1 Å². The molecule has 0 amide bonds. The van der Waals surface area contributed by atoms with Crippen LogP contribution >= 0.6 is 12.6 Å². The predicted octanol–water partition coefficient (Wildman–Crippen LogP) is 3.65. The summed E-state index contributed by atoms with van der Waals surface area (Å²) in [5.41, 5.74) is 4.74. The molecule has 2 rings (SSSR count). The van der Waals surface area contributed by atoms with E-state index in [-0.39, 0.29) is 0 Å². The van der Waals surface area contributed by atoms with Crippen LogP contribution in [0.4, 0.5) is 0 Å². The lowest BCUT2D eigenvalue weighted by atomic mass is 10.0. The van der Waals surface area contributed by atoms with Crippen LogP contribution in [0.3, 0.4) is 0 Å². The first kappa shape index (κ1) is 10.2. The highest BCUT2D eigenvalue weighted by atomic mass is 32.1. The molecule has 15 heavy (non-hydrogen) atoms. The maximum atomic E-state index is 4.54. The Labute approximate surface area is 95.6 Å². The molecule has 0 radical (unpaired) electrons. The fourth-order valence-corrected chi connectivity index (χ4v) is 1.89. The summed E-state index contributed by atoms with van der Waals surface area (Å²) in [5.74, 6) is 0. The molecule has 0 unspecified atom stereocenters. The van der Waals surface area contributed by atoms with Gasteiger partial charge in [-0.3, -0.25) is 4.98 Å². The molecule has 2 aromatic rings. The Kier molecular flexibility index (Phi) is 2.78. The third kappa shape index (κ3) is 1.90. The largest absolute Gasteiger partial charge is 0.264 e. The van der Waals surface area contributed by atoms with E-state index in [2.05, 4.69) is 49.7 Å². The van der Waals surface area contributed by atoms with E-state index in [1.807, 2.05) is 18.5 Å². The first-order chi connectivity index (χ1) is 7.20. The number of pyridine rings is 1. The van der Waals surface area contributed by atoms with Crippen LogP contribution in [0.2, 0.25) is 0 Å². The van der Waals surface area contributed by atoms with Crippen molar-refractivity contribution in [3.05, 3.63) is 47.8 Å². The molecule has 0 spiro atoms. The number of aryl methyl sites for hydroxylation is 2. The lowest BCUT2D eigenvalue weighted by Crippen LogP contribution is -1.88. The zero-order chi connectivity index (χ0) is 10.8. The standard InChI is InChI=1S/C13H13NS/c1-9-6-7-14-8-12(9)11-5-3-4-10(2)13(11)15/h3-8,15H,1-2H3. The molecule has 1 aromatic carbocycles. The first-order valence-corrected chi connectivity index (χ1v) is 5.34. The highest BCUT2D eigenvalue weighted by molar-refractivity contribution is 7.80. The SMILES string of the molecule is Cc1ccncc1-c1cccc(C)c1S. The molecule has 1 heterocycles. The lowest BCUT2D eigenvalue weighted by molar-refractivity contribution is 1.25. The highest BCUT2D eigenvalue weighted by Gasteiger charge is 2.06. The van der Waals surface area contributed by atoms with Crippen molar-refractivity contribution in [1.82, 2.24) is 4.98 Å². The molecule has 0 bridgehead atoms. The monoisotopic (exact) mass is 215 g/mol. The van der Waals surface area contributed by atoms with Crippen molar-refractivity contribution >= 4 is 12.6 Å². The lowest BCUT2D eigenvalue weighted by Gasteiger charge is -2.09. The molecule has 0 saturated heterocycles. The Morgan fingerprint density at radius 1 is 1.00 bits per heavy atom. The number of aromatic nitrogens is 1. The van der Waals surface area contributed by atoms with Crippen molar-refractivity contribution < 1.29 is 0 Å². The maximum Gasteiger partial charge on any atom is 0.0349 e. The topological polar surface area (TPSA) is 12.9 Å². The third-order valence-electron chi connectivity index (χ3n) is 2.57. The molecule has 2 heteroatoms. The van der Waals surface area contributed by atoms with Gasteiger partial charge in [0.25, 0.3) is 0 Å². The molecule has 1 nitrogen and oxygen atoms in total. The summed E-state index contributed by atoms with van der Waals surface area (Å²) < 4.78 is 0. The molecule has 1 aromatic heterocycles. The normalized spacial score (nSPS) is 10.3.